The lowest BCUT2D eigenvalue weighted by Gasteiger charge is -2.07. The number of aromatic nitrogens is 1. The first kappa shape index (κ1) is 21.3. The largest absolute Gasteiger partial charge is 0.349 e. The van der Waals surface area contributed by atoms with Crippen molar-refractivity contribution in [1.29, 1.82) is 5.26 Å². The van der Waals surface area contributed by atoms with Crippen LogP contribution in [-0.4, -0.2) is 16.5 Å². The van der Waals surface area contributed by atoms with Gasteiger partial charge in [0, 0.05) is 6.04 Å². The number of amides is 1. The van der Waals surface area contributed by atoms with E-state index in [2.05, 4.69) is 12.2 Å². The Kier molecular flexibility index (Phi) is 6.65. The molecule has 2 aromatic carbocycles. The molecule has 0 saturated heterocycles. The van der Waals surface area contributed by atoms with Gasteiger partial charge in [-0.15, -0.1) is 11.3 Å². The second-order valence-electron chi connectivity index (χ2n) is 7.10. The molecule has 3 aromatic rings. The number of nitrogens with one attached hydrogen (secondary N) is 1. The standard InChI is InChI=1S/C24H23N3O2S/c1-4-17-10-12-18(13-11-17)14-21-23(29)27(19-8-6-5-7-9-19)24(30-21)20(15-25)22(28)26-16(2)3/h5-14,16H,4H2,1-3H3,(H,26,28)/b21-14-,24-20-. The molecule has 3 rings (SSSR count). The molecule has 0 saturated carbocycles. The molecule has 0 aliphatic carbocycles. The average molecular weight is 418 g/mol. The summed E-state index contributed by atoms with van der Waals surface area (Å²) in [6.45, 7) is 5.74. The van der Waals surface area contributed by atoms with Crippen molar-refractivity contribution in [2.45, 2.75) is 33.2 Å². The lowest BCUT2D eigenvalue weighted by Crippen LogP contribution is -2.36. The number of rotatable bonds is 5. The predicted octanol–water partition coefficient (Wildman–Crippen LogP) is 2.49. The number of para-hydroxylation sites is 1. The van der Waals surface area contributed by atoms with Crippen LogP contribution in [0.2, 0.25) is 0 Å². The molecule has 0 unspecified atom stereocenters. The summed E-state index contributed by atoms with van der Waals surface area (Å²) in [4.78, 5) is 25.9. The Labute approximate surface area is 179 Å². The summed E-state index contributed by atoms with van der Waals surface area (Å²) in [6.07, 6.45) is 2.74. The minimum atomic E-state index is -0.489. The van der Waals surface area contributed by atoms with Gasteiger partial charge in [0.1, 0.15) is 10.7 Å². The molecule has 0 spiro atoms. The van der Waals surface area contributed by atoms with Gasteiger partial charge in [-0.25, -0.2) is 0 Å². The van der Waals surface area contributed by atoms with Crippen molar-refractivity contribution < 1.29 is 4.79 Å². The third kappa shape index (κ3) is 4.58. The SMILES string of the molecule is CCc1ccc(/C=c2\s/c(=C(/C#N)C(=O)NC(C)C)n(-c3ccccc3)c2=O)cc1. The molecular weight excluding hydrogens is 394 g/mol. The zero-order valence-corrected chi connectivity index (χ0v) is 18.0. The number of carbonyl (C=O) groups excluding carboxylic acids is 1. The number of nitrogens with zero attached hydrogens (tertiary/aromatic N) is 2. The highest BCUT2D eigenvalue weighted by atomic mass is 32.1. The molecule has 0 atom stereocenters. The molecule has 0 fully saturated rings. The first-order valence-corrected chi connectivity index (χ1v) is 10.6. The Bertz CT molecular complexity index is 1260. The molecule has 30 heavy (non-hydrogen) atoms. The van der Waals surface area contributed by atoms with Crippen LogP contribution in [0.1, 0.15) is 31.9 Å². The van der Waals surface area contributed by atoms with Gasteiger partial charge in [0.25, 0.3) is 11.5 Å². The maximum atomic E-state index is 13.3. The molecule has 0 radical (unpaired) electrons. The Morgan fingerprint density at radius 1 is 1.17 bits per heavy atom. The van der Waals surface area contributed by atoms with Gasteiger partial charge >= 0.3 is 0 Å². The molecule has 5 nitrogen and oxygen atoms in total. The van der Waals surface area contributed by atoms with Crippen LogP contribution in [0, 0.1) is 11.3 Å². The van der Waals surface area contributed by atoms with E-state index in [1.165, 1.54) is 10.1 Å². The highest BCUT2D eigenvalue weighted by Crippen LogP contribution is 2.07. The fourth-order valence-corrected chi connectivity index (χ4v) is 4.09. The van der Waals surface area contributed by atoms with Gasteiger partial charge in [0.15, 0.2) is 5.57 Å². The van der Waals surface area contributed by atoms with Crippen LogP contribution in [0.5, 0.6) is 0 Å². The first-order valence-electron chi connectivity index (χ1n) is 9.77. The lowest BCUT2D eigenvalue weighted by atomic mass is 10.1. The number of aryl methyl sites for hydroxylation is 1. The third-order valence-corrected chi connectivity index (χ3v) is 5.59. The molecule has 1 heterocycles. The highest BCUT2D eigenvalue weighted by Gasteiger charge is 2.17. The van der Waals surface area contributed by atoms with Crippen molar-refractivity contribution in [3.8, 4) is 11.8 Å². The fourth-order valence-electron chi connectivity index (χ4n) is 2.99. The topological polar surface area (TPSA) is 74.9 Å². The quantitative estimate of drug-likeness (QED) is 0.693. The van der Waals surface area contributed by atoms with Crippen LogP contribution >= 0.6 is 11.3 Å². The van der Waals surface area contributed by atoms with Gasteiger partial charge in [0.05, 0.1) is 10.2 Å². The van der Waals surface area contributed by atoms with E-state index in [9.17, 15) is 14.9 Å². The molecular formula is C24H23N3O2S. The van der Waals surface area contributed by atoms with Crippen molar-refractivity contribution in [2.24, 2.45) is 0 Å². The number of hydrogen-bond acceptors (Lipinski definition) is 4. The van der Waals surface area contributed by atoms with Crippen molar-refractivity contribution in [3.63, 3.8) is 0 Å². The minimum Gasteiger partial charge on any atom is -0.349 e. The maximum absolute atomic E-state index is 13.3. The van der Waals surface area contributed by atoms with E-state index in [1.807, 2.05) is 62.4 Å². The first-order chi connectivity index (χ1) is 14.4. The van der Waals surface area contributed by atoms with Gasteiger partial charge in [-0.2, -0.15) is 5.26 Å². The Hall–Kier alpha value is -3.43. The minimum absolute atomic E-state index is 0.0735. The van der Waals surface area contributed by atoms with E-state index < -0.39 is 5.91 Å². The van der Waals surface area contributed by atoms with Gasteiger partial charge in [-0.3, -0.25) is 14.2 Å². The van der Waals surface area contributed by atoms with E-state index in [0.29, 0.717) is 14.9 Å². The highest BCUT2D eigenvalue weighted by molar-refractivity contribution is 7.07. The summed E-state index contributed by atoms with van der Waals surface area (Å²) in [5, 5.41) is 12.5. The van der Waals surface area contributed by atoms with Crippen molar-refractivity contribution in [3.05, 3.63) is 85.3 Å². The van der Waals surface area contributed by atoms with E-state index >= 15 is 0 Å². The molecule has 1 N–H and O–H groups in total. The molecule has 1 aromatic heterocycles. The van der Waals surface area contributed by atoms with Crippen LogP contribution < -0.4 is 20.1 Å². The zero-order chi connectivity index (χ0) is 21.7. The number of benzene rings is 2. The summed E-state index contributed by atoms with van der Waals surface area (Å²) < 4.78 is 2.22. The number of thiazole rings is 1. The number of hydrogen-bond donors (Lipinski definition) is 1. The van der Waals surface area contributed by atoms with Gasteiger partial charge < -0.3 is 5.32 Å². The van der Waals surface area contributed by atoms with Gasteiger partial charge in [0.2, 0.25) is 0 Å². The maximum Gasteiger partial charge on any atom is 0.273 e. The normalized spacial score (nSPS) is 12.6. The van der Waals surface area contributed by atoms with Crippen LogP contribution in [0.3, 0.4) is 0 Å². The second-order valence-corrected chi connectivity index (χ2v) is 8.13. The predicted molar refractivity (Wildman–Crippen MR) is 121 cm³/mol. The summed E-state index contributed by atoms with van der Waals surface area (Å²) in [5.74, 6) is -0.489. The molecule has 152 valence electrons. The third-order valence-electron chi connectivity index (χ3n) is 4.50. The Balaban J connectivity index is 2.31. The van der Waals surface area contributed by atoms with Crippen LogP contribution in [0.15, 0.2) is 59.4 Å². The number of carbonyl (C=O) groups is 1. The number of nitriles is 1. The molecule has 1 amide bonds. The summed E-state index contributed by atoms with van der Waals surface area (Å²) >= 11 is 1.15. The lowest BCUT2D eigenvalue weighted by molar-refractivity contribution is -0.116. The van der Waals surface area contributed by atoms with Crippen molar-refractivity contribution in [1.82, 2.24) is 9.88 Å². The monoisotopic (exact) mass is 417 g/mol. The molecule has 0 bridgehead atoms. The van der Waals surface area contributed by atoms with Gasteiger partial charge in [-0.05, 0) is 49.6 Å². The molecule has 0 aliphatic heterocycles. The Morgan fingerprint density at radius 3 is 2.40 bits per heavy atom. The van der Waals surface area contributed by atoms with Gasteiger partial charge in [-0.1, -0.05) is 49.4 Å². The molecule has 6 heteroatoms. The van der Waals surface area contributed by atoms with Crippen LogP contribution in [0.4, 0.5) is 0 Å². The van der Waals surface area contributed by atoms with Crippen LogP contribution in [0.25, 0.3) is 17.3 Å². The summed E-state index contributed by atoms with van der Waals surface area (Å²) in [6, 6.07) is 18.9. The zero-order valence-electron chi connectivity index (χ0n) is 17.2. The second kappa shape index (κ2) is 9.38. The van der Waals surface area contributed by atoms with Crippen molar-refractivity contribution in [2.75, 3.05) is 0 Å². The smallest absolute Gasteiger partial charge is 0.273 e. The summed E-state index contributed by atoms with van der Waals surface area (Å²) in [5.41, 5.74) is 2.38. The van der Waals surface area contributed by atoms with Crippen molar-refractivity contribution >= 4 is 28.9 Å². The average Bonchev–Trinajstić information content (AvgIpc) is 3.05. The van der Waals surface area contributed by atoms with E-state index in [0.717, 1.165) is 23.3 Å². The van der Waals surface area contributed by atoms with E-state index in [-0.39, 0.29) is 17.2 Å². The van der Waals surface area contributed by atoms with E-state index in [1.54, 1.807) is 18.2 Å². The van der Waals surface area contributed by atoms with Crippen LogP contribution in [-0.2, 0) is 11.2 Å². The Morgan fingerprint density at radius 2 is 1.83 bits per heavy atom. The fraction of sp³-hybridized carbons (Fsp3) is 0.208. The van der Waals surface area contributed by atoms with E-state index in [4.69, 9.17) is 0 Å². The summed E-state index contributed by atoms with van der Waals surface area (Å²) in [7, 11) is 0. The molecule has 0 aliphatic rings.